The van der Waals surface area contributed by atoms with Gasteiger partial charge in [-0.3, -0.25) is 18.5 Å². The summed E-state index contributed by atoms with van der Waals surface area (Å²) in [7, 11) is -11.6. The zero-order valence-electron chi connectivity index (χ0n) is 25.0. The standard InChI is InChI=1S/C32H26N2O10S3/c1-45(37,38)43-25-9-17-29-13-5-3-11-27(29)15-7-23-33(47(41,42)32-21-19-31(20-22-32)34(35)36)24-8-16-28-12-4-6-14-30(28)18-10-26-44-46(2,39)40/h3-6,11-14,19-22H,23-26H2,1-2H3. The van der Waals surface area contributed by atoms with Gasteiger partial charge in [0.15, 0.2) is 0 Å². The van der Waals surface area contributed by atoms with Crippen LogP contribution in [0.1, 0.15) is 22.3 Å². The highest BCUT2D eigenvalue weighted by molar-refractivity contribution is 7.89. The number of sulfonamides is 1. The van der Waals surface area contributed by atoms with E-state index in [1.54, 1.807) is 48.5 Å². The number of hydrogen-bond donors (Lipinski definition) is 0. The van der Waals surface area contributed by atoms with E-state index in [4.69, 9.17) is 0 Å². The lowest BCUT2D eigenvalue weighted by molar-refractivity contribution is -0.384. The van der Waals surface area contributed by atoms with Crippen molar-refractivity contribution in [3.63, 3.8) is 0 Å². The van der Waals surface area contributed by atoms with Crippen molar-refractivity contribution in [1.82, 2.24) is 4.31 Å². The van der Waals surface area contributed by atoms with Gasteiger partial charge in [0.25, 0.3) is 25.9 Å². The first-order chi connectivity index (χ1) is 22.2. The van der Waals surface area contributed by atoms with Crippen LogP contribution in [0.25, 0.3) is 0 Å². The Balaban J connectivity index is 1.92. The van der Waals surface area contributed by atoms with Crippen LogP contribution in [-0.2, 0) is 38.6 Å². The van der Waals surface area contributed by atoms with Crippen molar-refractivity contribution >= 4 is 35.9 Å². The van der Waals surface area contributed by atoms with E-state index < -0.39 is 35.2 Å². The van der Waals surface area contributed by atoms with Gasteiger partial charge in [-0.05, 0) is 36.4 Å². The number of nitro groups is 1. The molecular weight excluding hydrogens is 669 g/mol. The van der Waals surface area contributed by atoms with Crippen molar-refractivity contribution < 1.29 is 38.5 Å². The Kier molecular flexibility index (Phi) is 12.9. The first kappa shape index (κ1) is 36.5. The maximum absolute atomic E-state index is 13.6. The summed E-state index contributed by atoms with van der Waals surface area (Å²) in [5, 5.41) is 11.1. The maximum Gasteiger partial charge on any atom is 0.269 e. The van der Waals surface area contributed by atoms with Gasteiger partial charge >= 0.3 is 0 Å². The third kappa shape index (κ3) is 12.4. The monoisotopic (exact) mass is 694 g/mol. The molecule has 0 bridgehead atoms. The fourth-order valence-corrected chi connectivity index (χ4v) is 5.29. The van der Waals surface area contributed by atoms with Crippen molar-refractivity contribution in [3.8, 4) is 47.4 Å². The van der Waals surface area contributed by atoms with Gasteiger partial charge in [-0.15, -0.1) is 0 Å². The normalized spacial score (nSPS) is 11.0. The number of rotatable bonds is 9. The number of benzene rings is 3. The van der Waals surface area contributed by atoms with Crippen molar-refractivity contribution in [1.29, 1.82) is 0 Å². The van der Waals surface area contributed by atoms with E-state index in [2.05, 4.69) is 55.7 Å². The van der Waals surface area contributed by atoms with Crippen molar-refractivity contribution in [2.75, 3.05) is 38.8 Å². The average Bonchev–Trinajstić information content (AvgIpc) is 3.01. The lowest BCUT2D eigenvalue weighted by Crippen LogP contribution is -2.32. The number of non-ortho nitro benzene ring substituents is 1. The Morgan fingerprint density at radius 2 is 0.979 bits per heavy atom. The van der Waals surface area contributed by atoms with Gasteiger partial charge in [0.2, 0.25) is 10.0 Å². The molecule has 0 N–H and O–H groups in total. The first-order valence-electron chi connectivity index (χ1n) is 13.2. The number of nitrogens with zero attached hydrogens (tertiary/aromatic N) is 2. The van der Waals surface area contributed by atoms with Crippen LogP contribution in [-0.4, -0.2) is 73.3 Å². The van der Waals surface area contributed by atoms with Crippen LogP contribution >= 0.6 is 0 Å². The molecule has 12 nitrogen and oxygen atoms in total. The van der Waals surface area contributed by atoms with Crippen LogP contribution in [0.4, 0.5) is 5.69 Å². The molecule has 0 saturated carbocycles. The second kappa shape index (κ2) is 16.5. The summed E-state index contributed by atoms with van der Waals surface area (Å²) in [5.41, 5.74) is 1.54. The van der Waals surface area contributed by atoms with E-state index in [0.29, 0.717) is 22.3 Å². The Hall–Kier alpha value is -4.97. The van der Waals surface area contributed by atoms with Gasteiger partial charge in [0.1, 0.15) is 13.2 Å². The summed E-state index contributed by atoms with van der Waals surface area (Å²) in [4.78, 5) is 10.2. The predicted octanol–water partition coefficient (Wildman–Crippen LogP) is 2.34. The van der Waals surface area contributed by atoms with Crippen LogP contribution in [0.5, 0.6) is 0 Å². The summed E-state index contributed by atoms with van der Waals surface area (Å²) in [6, 6.07) is 17.8. The van der Waals surface area contributed by atoms with Gasteiger partial charge < -0.3 is 0 Å². The molecule has 15 heteroatoms. The number of nitro benzene ring substituents is 1. The van der Waals surface area contributed by atoms with E-state index >= 15 is 0 Å². The second-order valence-corrected chi connectivity index (χ2v) is 14.5. The lowest BCUT2D eigenvalue weighted by atomic mass is 10.1. The van der Waals surface area contributed by atoms with E-state index in [0.717, 1.165) is 41.1 Å². The molecule has 0 aliphatic rings. The maximum atomic E-state index is 13.6. The molecule has 0 aliphatic heterocycles. The van der Waals surface area contributed by atoms with Gasteiger partial charge in [-0.2, -0.15) is 21.1 Å². The molecule has 0 aliphatic carbocycles. The second-order valence-electron chi connectivity index (χ2n) is 9.26. The molecule has 0 heterocycles. The molecule has 0 atom stereocenters. The molecule has 3 aromatic rings. The molecule has 0 fully saturated rings. The zero-order chi connectivity index (χ0) is 34.5. The van der Waals surface area contributed by atoms with Gasteiger partial charge in [-0.1, -0.05) is 71.6 Å². The molecule has 0 aromatic heterocycles. The van der Waals surface area contributed by atoms with E-state index in [1.807, 2.05) is 0 Å². The van der Waals surface area contributed by atoms with Crippen molar-refractivity contribution in [2.24, 2.45) is 0 Å². The minimum absolute atomic E-state index is 0.207. The Morgan fingerprint density at radius 3 is 1.32 bits per heavy atom. The zero-order valence-corrected chi connectivity index (χ0v) is 27.4. The third-order valence-electron chi connectivity index (χ3n) is 5.63. The topological polar surface area (TPSA) is 167 Å². The highest BCUT2D eigenvalue weighted by Crippen LogP contribution is 2.19. The lowest BCUT2D eigenvalue weighted by Gasteiger charge is -2.17. The van der Waals surface area contributed by atoms with Crippen LogP contribution < -0.4 is 0 Å². The fraction of sp³-hybridized carbons (Fsp3) is 0.188. The highest BCUT2D eigenvalue weighted by Gasteiger charge is 2.24. The van der Waals surface area contributed by atoms with Gasteiger partial charge in [-0.25, -0.2) is 8.42 Å². The third-order valence-corrected chi connectivity index (χ3v) is 8.53. The molecule has 0 saturated heterocycles. The van der Waals surface area contributed by atoms with Crippen LogP contribution in [0.2, 0.25) is 0 Å². The molecular formula is C32H26N2O10S3. The molecule has 3 rings (SSSR count). The summed E-state index contributed by atoms with van der Waals surface area (Å²) < 4.78 is 82.1. The molecule has 242 valence electrons. The largest absolute Gasteiger partial charge is 0.269 e. The summed E-state index contributed by atoms with van der Waals surface area (Å²) >= 11 is 0. The summed E-state index contributed by atoms with van der Waals surface area (Å²) in [6.07, 6.45) is 1.81. The van der Waals surface area contributed by atoms with Crippen molar-refractivity contribution in [3.05, 3.63) is 105 Å². The molecule has 3 aromatic carbocycles. The fourth-order valence-electron chi connectivity index (χ4n) is 3.50. The summed E-state index contributed by atoms with van der Waals surface area (Å²) in [6.45, 7) is -1.36. The summed E-state index contributed by atoms with van der Waals surface area (Å²) in [5.74, 6) is 22.1. The van der Waals surface area contributed by atoms with E-state index in [-0.39, 0.29) is 36.9 Å². The predicted molar refractivity (Wildman–Crippen MR) is 174 cm³/mol. The molecule has 47 heavy (non-hydrogen) atoms. The Labute approximate surface area is 274 Å². The minimum Gasteiger partial charge on any atom is -0.258 e. The SMILES string of the molecule is CS(=O)(=O)OCC#Cc1ccccc1C#CCN(CC#Cc1ccccc1C#CCOS(C)(=O)=O)S(=O)(=O)c1ccc([N+](=O)[O-])cc1. The minimum atomic E-state index is -4.23. The molecule has 0 spiro atoms. The molecule has 0 unspecified atom stereocenters. The highest BCUT2D eigenvalue weighted by atomic mass is 32.2. The van der Waals surface area contributed by atoms with Gasteiger partial charge in [0, 0.05) is 34.4 Å². The smallest absolute Gasteiger partial charge is 0.258 e. The number of hydrogen-bond acceptors (Lipinski definition) is 10. The van der Waals surface area contributed by atoms with E-state index in [1.165, 1.54) is 0 Å². The Bertz CT molecular complexity index is 2100. The molecule has 0 amide bonds. The first-order valence-corrected chi connectivity index (χ1v) is 18.3. The molecule has 0 radical (unpaired) electrons. The van der Waals surface area contributed by atoms with Crippen LogP contribution in [0.15, 0.2) is 77.7 Å². The van der Waals surface area contributed by atoms with Crippen LogP contribution in [0.3, 0.4) is 0 Å². The van der Waals surface area contributed by atoms with E-state index in [9.17, 15) is 35.4 Å². The average molecular weight is 695 g/mol. The quantitative estimate of drug-likeness (QED) is 0.140. The van der Waals surface area contributed by atoms with Crippen LogP contribution in [0, 0.1) is 57.5 Å². The van der Waals surface area contributed by atoms with Crippen molar-refractivity contribution in [2.45, 2.75) is 4.90 Å². The van der Waals surface area contributed by atoms with Gasteiger partial charge in [0.05, 0.1) is 35.4 Å². The Morgan fingerprint density at radius 1 is 0.617 bits per heavy atom.